The van der Waals surface area contributed by atoms with E-state index in [4.69, 9.17) is 9.47 Å². The lowest BCUT2D eigenvalue weighted by atomic mass is 10.2. The second kappa shape index (κ2) is 6.14. The van der Waals surface area contributed by atoms with Crippen molar-refractivity contribution in [3.8, 4) is 17.2 Å². The minimum atomic E-state index is -0.296. The number of ether oxygens (including phenoxy) is 2. The first kappa shape index (κ1) is 13.9. The molecule has 3 rings (SSSR count). The first-order chi connectivity index (χ1) is 10.2. The van der Waals surface area contributed by atoms with Crippen LogP contribution in [0.4, 0.5) is 4.39 Å². The minimum absolute atomic E-state index is 0.296. The van der Waals surface area contributed by atoms with Crippen LogP contribution < -0.4 is 14.8 Å². The quantitative estimate of drug-likeness (QED) is 0.874. The molecule has 0 atom stereocenters. The van der Waals surface area contributed by atoms with Crippen LogP contribution in [0.1, 0.15) is 18.4 Å². The molecule has 0 aliphatic heterocycles. The topological polar surface area (TPSA) is 30.5 Å². The summed E-state index contributed by atoms with van der Waals surface area (Å²) in [5.41, 5.74) is 0.881. The molecule has 0 amide bonds. The van der Waals surface area contributed by atoms with Crippen molar-refractivity contribution < 1.29 is 13.9 Å². The van der Waals surface area contributed by atoms with Crippen LogP contribution >= 0.6 is 0 Å². The van der Waals surface area contributed by atoms with Gasteiger partial charge in [0.05, 0.1) is 7.11 Å². The summed E-state index contributed by atoms with van der Waals surface area (Å²) in [5.74, 6) is 1.38. The van der Waals surface area contributed by atoms with Gasteiger partial charge in [0.1, 0.15) is 11.6 Å². The number of para-hydroxylation sites is 2. The molecule has 0 aromatic heterocycles. The zero-order chi connectivity index (χ0) is 14.7. The fourth-order valence-corrected chi connectivity index (χ4v) is 2.16. The molecule has 1 aliphatic carbocycles. The molecule has 0 spiro atoms. The summed E-state index contributed by atoms with van der Waals surface area (Å²) < 4.78 is 24.7. The summed E-state index contributed by atoms with van der Waals surface area (Å²) in [5, 5.41) is 3.37. The van der Waals surface area contributed by atoms with E-state index in [9.17, 15) is 4.39 Å². The molecule has 0 saturated heterocycles. The highest BCUT2D eigenvalue weighted by molar-refractivity contribution is 5.43. The zero-order valence-corrected chi connectivity index (χ0v) is 11.9. The van der Waals surface area contributed by atoms with Crippen LogP contribution in [0.3, 0.4) is 0 Å². The van der Waals surface area contributed by atoms with Crippen LogP contribution in [-0.4, -0.2) is 13.2 Å². The van der Waals surface area contributed by atoms with E-state index in [0.717, 1.165) is 5.56 Å². The van der Waals surface area contributed by atoms with Crippen molar-refractivity contribution >= 4 is 0 Å². The van der Waals surface area contributed by atoms with Gasteiger partial charge in [0.15, 0.2) is 11.5 Å². The third kappa shape index (κ3) is 3.73. The molecule has 0 unspecified atom stereocenters. The molecule has 1 aliphatic rings. The molecule has 4 heteroatoms. The average Bonchev–Trinajstić information content (AvgIpc) is 3.29. The lowest BCUT2D eigenvalue weighted by Crippen LogP contribution is -2.15. The summed E-state index contributed by atoms with van der Waals surface area (Å²) in [4.78, 5) is 0. The Kier molecular flexibility index (Phi) is 4.06. The fraction of sp³-hybridized carbons (Fsp3) is 0.294. The van der Waals surface area contributed by atoms with E-state index < -0.39 is 0 Å². The number of nitrogens with one attached hydrogen (secondary N) is 1. The summed E-state index contributed by atoms with van der Waals surface area (Å²) in [6.07, 6.45) is 2.42. The number of rotatable bonds is 6. The highest BCUT2D eigenvalue weighted by Crippen LogP contribution is 2.31. The number of halogens is 1. The monoisotopic (exact) mass is 287 g/mol. The predicted molar refractivity (Wildman–Crippen MR) is 79.3 cm³/mol. The Labute approximate surface area is 123 Å². The van der Waals surface area contributed by atoms with Gasteiger partial charge in [-0.2, -0.15) is 0 Å². The third-order valence-electron chi connectivity index (χ3n) is 3.40. The Balaban J connectivity index is 1.77. The summed E-state index contributed by atoms with van der Waals surface area (Å²) in [6, 6.07) is 12.7. The molecule has 21 heavy (non-hydrogen) atoms. The molecule has 110 valence electrons. The van der Waals surface area contributed by atoms with Gasteiger partial charge in [0.2, 0.25) is 0 Å². The van der Waals surface area contributed by atoms with Crippen LogP contribution in [0, 0.1) is 5.82 Å². The predicted octanol–water partition coefficient (Wildman–Crippen LogP) is 3.88. The van der Waals surface area contributed by atoms with Crippen molar-refractivity contribution in [3.63, 3.8) is 0 Å². The van der Waals surface area contributed by atoms with Gasteiger partial charge in [-0.25, -0.2) is 4.39 Å². The van der Waals surface area contributed by atoms with Crippen molar-refractivity contribution in [2.45, 2.75) is 25.4 Å². The third-order valence-corrected chi connectivity index (χ3v) is 3.40. The van der Waals surface area contributed by atoms with Crippen molar-refractivity contribution in [1.29, 1.82) is 0 Å². The molecule has 1 N–H and O–H groups in total. The van der Waals surface area contributed by atoms with E-state index in [0.29, 0.717) is 29.8 Å². The average molecular weight is 287 g/mol. The molecule has 3 nitrogen and oxygen atoms in total. The first-order valence-electron chi connectivity index (χ1n) is 7.08. The molecule has 2 aromatic rings. The SMILES string of the molecule is COc1ccccc1Oc1cc(F)cc(CNC2CC2)c1. The Morgan fingerprint density at radius 2 is 1.90 bits per heavy atom. The Morgan fingerprint density at radius 1 is 1.14 bits per heavy atom. The van der Waals surface area contributed by atoms with Crippen LogP contribution in [0.2, 0.25) is 0 Å². The van der Waals surface area contributed by atoms with Gasteiger partial charge in [-0.3, -0.25) is 0 Å². The van der Waals surface area contributed by atoms with Crippen molar-refractivity contribution in [3.05, 3.63) is 53.8 Å². The highest BCUT2D eigenvalue weighted by Gasteiger charge is 2.20. The summed E-state index contributed by atoms with van der Waals surface area (Å²) in [6.45, 7) is 0.657. The van der Waals surface area contributed by atoms with Crippen LogP contribution in [0.15, 0.2) is 42.5 Å². The van der Waals surface area contributed by atoms with E-state index >= 15 is 0 Å². The zero-order valence-electron chi connectivity index (χ0n) is 11.9. The summed E-state index contributed by atoms with van der Waals surface area (Å²) in [7, 11) is 1.58. The standard InChI is InChI=1S/C17H18FNO2/c1-20-16-4-2-3-5-17(16)21-15-9-12(8-13(18)10-15)11-19-14-6-7-14/h2-5,8-10,14,19H,6-7,11H2,1H3. The van der Waals surface area contributed by atoms with Crippen molar-refractivity contribution in [1.82, 2.24) is 5.32 Å². The number of benzene rings is 2. The van der Waals surface area contributed by atoms with Crippen LogP contribution in [0.5, 0.6) is 17.2 Å². The lowest BCUT2D eigenvalue weighted by Gasteiger charge is -2.11. The molecule has 0 radical (unpaired) electrons. The van der Waals surface area contributed by atoms with Crippen LogP contribution in [-0.2, 0) is 6.54 Å². The van der Waals surface area contributed by atoms with Crippen molar-refractivity contribution in [2.75, 3.05) is 7.11 Å². The fourth-order valence-electron chi connectivity index (χ4n) is 2.16. The van der Waals surface area contributed by atoms with E-state index in [1.807, 2.05) is 24.3 Å². The number of hydrogen-bond donors (Lipinski definition) is 1. The van der Waals surface area contributed by atoms with Crippen molar-refractivity contribution in [2.24, 2.45) is 0 Å². The van der Waals surface area contributed by atoms with Gasteiger partial charge >= 0.3 is 0 Å². The molecule has 0 bridgehead atoms. The Bertz CT molecular complexity index is 626. The second-order valence-electron chi connectivity index (χ2n) is 5.20. The van der Waals surface area contributed by atoms with Gasteiger partial charge in [0.25, 0.3) is 0 Å². The van der Waals surface area contributed by atoms with Crippen LogP contribution in [0.25, 0.3) is 0 Å². The molecular weight excluding hydrogens is 269 g/mol. The minimum Gasteiger partial charge on any atom is -0.493 e. The van der Waals surface area contributed by atoms with Gasteiger partial charge in [-0.1, -0.05) is 12.1 Å². The maximum Gasteiger partial charge on any atom is 0.169 e. The van der Waals surface area contributed by atoms with Gasteiger partial charge in [-0.15, -0.1) is 0 Å². The van der Waals surface area contributed by atoms with E-state index in [-0.39, 0.29) is 5.82 Å². The molecule has 1 fully saturated rings. The van der Waals surface area contributed by atoms with E-state index in [1.54, 1.807) is 13.2 Å². The Morgan fingerprint density at radius 3 is 2.62 bits per heavy atom. The molecular formula is C17H18FNO2. The normalized spacial score (nSPS) is 14.0. The lowest BCUT2D eigenvalue weighted by molar-refractivity contribution is 0.378. The second-order valence-corrected chi connectivity index (χ2v) is 5.20. The maximum absolute atomic E-state index is 13.7. The number of methoxy groups -OCH3 is 1. The van der Waals surface area contributed by atoms with Gasteiger partial charge < -0.3 is 14.8 Å². The first-order valence-corrected chi connectivity index (χ1v) is 7.08. The maximum atomic E-state index is 13.7. The highest BCUT2D eigenvalue weighted by atomic mass is 19.1. The smallest absolute Gasteiger partial charge is 0.169 e. The largest absolute Gasteiger partial charge is 0.493 e. The molecule has 1 saturated carbocycles. The van der Waals surface area contributed by atoms with E-state index in [1.165, 1.54) is 25.0 Å². The van der Waals surface area contributed by atoms with E-state index in [2.05, 4.69) is 5.32 Å². The van der Waals surface area contributed by atoms with Gasteiger partial charge in [-0.05, 0) is 42.7 Å². The number of hydrogen-bond acceptors (Lipinski definition) is 3. The molecule has 2 aromatic carbocycles. The van der Waals surface area contributed by atoms with Gasteiger partial charge in [0, 0.05) is 18.7 Å². The molecule has 0 heterocycles. The summed E-state index contributed by atoms with van der Waals surface area (Å²) >= 11 is 0. The Hall–Kier alpha value is -2.07.